The van der Waals surface area contributed by atoms with E-state index in [1.807, 2.05) is 60.3 Å². The second-order valence-corrected chi connectivity index (χ2v) is 11.1. The Labute approximate surface area is 198 Å². The van der Waals surface area contributed by atoms with Crippen molar-refractivity contribution in [1.82, 2.24) is 13.8 Å². The van der Waals surface area contributed by atoms with Gasteiger partial charge in [0.2, 0.25) is 15.9 Å². The fourth-order valence-electron chi connectivity index (χ4n) is 4.39. The maximum absolute atomic E-state index is 13.5. The van der Waals surface area contributed by atoms with Gasteiger partial charge in [0, 0.05) is 36.9 Å². The molecule has 6 nitrogen and oxygen atoms in total. The zero-order valence-corrected chi connectivity index (χ0v) is 20.9. The molecule has 1 aliphatic carbocycles. The lowest BCUT2D eigenvalue weighted by atomic mass is 9.95. The average Bonchev–Trinajstić information content (AvgIpc) is 3.20. The monoisotopic (exact) mass is 471 g/mol. The Kier molecular flexibility index (Phi) is 8.92. The summed E-state index contributed by atoms with van der Waals surface area (Å²) in [4.78, 5) is 15.3. The van der Waals surface area contributed by atoms with E-state index in [-0.39, 0.29) is 24.4 Å². The van der Waals surface area contributed by atoms with E-state index < -0.39 is 10.0 Å². The van der Waals surface area contributed by atoms with Gasteiger partial charge in [-0.15, -0.1) is 0 Å². The number of hydrogen-bond acceptors (Lipinski definition) is 3. The van der Waals surface area contributed by atoms with Gasteiger partial charge in [-0.05, 0) is 42.5 Å². The van der Waals surface area contributed by atoms with Gasteiger partial charge in [-0.1, -0.05) is 63.4 Å². The Balaban J connectivity index is 1.83. The summed E-state index contributed by atoms with van der Waals surface area (Å²) < 4.78 is 30.3. The Hall–Kier alpha value is -2.38. The van der Waals surface area contributed by atoms with E-state index in [1.54, 1.807) is 11.0 Å². The van der Waals surface area contributed by atoms with Crippen LogP contribution in [0, 0.1) is 5.92 Å². The minimum atomic E-state index is -3.75. The molecule has 1 aromatic carbocycles. The van der Waals surface area contributed by atoms with Gasteiger partial charge >= 0.3 is 0 Å². The largest absolute Gasteiger partial charge is 0.353 e. The standard InChI is InChI=1S/C26H37N3O3S/c1-22(2)19-28(20-25-15-10-17-27(25)3)26(30)21-29(24-13-8-5-9-14-24)33(31,32)18-16-23-11-6-4-7-12-23/h4,6-7,10-12,15-18,22,24H,5,8-9,13-14,19-21H2,1-3H3. The van der Waals surface area contributed by atoms with Gasteiger partial charge < -0.3 is 9.47 Å². The Morgan fingerprint density at radius 2 is 1.79 bits per heavy atom. The molecule has 7 heteroatoms. The minimum Gasteiger partial charge on any atom is -0.353 e. The maximum Gasteiger partial charge on any atom is 0.238 e. The number of rotatable bonds is 10. The normalized spacial score (nSPS) is 15.5. The van der Waals surface area contributed by atoms with Crippen LogP contribution in [0.25, 0.3) is 6.08 Å². The first-order chi connectivity index (χ1) is 15.8. The number of carbonyl (C=O) groups is 1. The van der Waals surface area contributed by atoms with E-state index in [9.17, 15) is 13.2 Å². The van der Waals surface area contributed by atoms with Crippen molar-refractivity contribution in [2.75, 3.05) is 13.1 Å². The third kappa shape index (κ3) is 7.30. The highest BCUT2D eigenvalue weighted by molar-refractivity contribution is 7.92. The molecule has 0 bridgehead atoms. The number of aromatic nitrogens is 1. The summed E-state index contributed by atoms with van der Waals surface area (Å²) in [6.45, 7) is 5.08. The molecular formula is C26H37N3O3S. The fourth-order valence-corrected chi connectivity index (χ4v) is 5.79. The lowest BCUT2D eigenvalue weighted by Crippen LogP contribution is -2.48. The third-order valence-corrected chi connectivity index (χ3v) is 7.74. The second kappa shape index (κ2) is 11.7. The highest BCUT2D eigenvalue weighted by Gasteiger charge is 2.33. The average molecular weight is 472 g/mol. The number of carbonyl (C=O) groups excluding carboxylic acids is 1. The van der Waals surface area contributed by atoms with Crippen LogP contribution in [0.2, 0.25) is 0 Å². The molecule has 0 atom stereocenters. The van der Waals surface area contributed by atoms with Crippen molar-refractivity contribution in [3.05, 3.63) is 65.3 Å². The molecule has 1 aliphatic rings. The van der Waals surface area contributed by atoms with Gasteiger partial charge in [0.15, 0.2) is 0 Å². The number of sulfonamides is 1. The maximum atomic E-state index is 13.5. The Bertz CT molecular complexity index is 1020. The van der Waals surface area contributed by atoms with Crippen molar-refractivity contribution in [2.24, 2.45) is 13.0 Å². The number of aryl methyl sites for hydroxylation is 1. The van der Waals surface area contributed by atoms with Crippen LogP contribution in [-0.2, 0) is 28.4 Å². The molecule has 0 saturated heterocycles. The topological polar surface area (TPSA) is 62.6 Å². The summed E-state index contributed by atoms with van der Waals surface area (Å²) in [6.07, 6.45) is 8.28. The molecular weight excluding hydrogens is 434 g/mol. The van der Waals surface area contributed by atoms with Crippen LogP contribution >= 0.6 is 0 Å². The summed E-state index contributed by atoms with van der Waals surface area (Å²) in [7, 11) is -1.79. The summed E-state index contributed by atoms with van der Waals surface area (Å²) in [5.41, 5.74) is 1.85. The molecule has 1 amide bonds. The molecule has 180 valence electrons. The van der Waals surface area contributed by atoms with E-state index >= 15 is 0 Å². The molecule has 1 heterocycles. The molecule has 1 fully saturated rings. The Morgan fingerprint density at radius 3 is 2.39 bits per heavy atom. The van der Waals surface area contributed by atoms with Crippen molar-refractivity contribution >= 4 is 22.0 Å². The lowest BCUT2D eigenvalue weighted by molar-refractivity contribution is -0.133. The zero-order valence-electron chi connectivity index (χ0n) is 20.1. The first kappa shape index (κ1) is 25.2. The molecule has 0 unspecified atom stereocenters. The minimum absolute atomic E-state index is 0.122. The van der Waals surface area contributed by atoms with Crippen LogP contribution in [0.5, 0.6) is 0 Å². The van der Waals surface area contributed by atoms with Gasteiger partial charge in [0.1, 0.15) is 0 Å². The van der Waals surface area contributed by atoms with E-state index in [2.05, 4.69) is 13.8 Å². The Morgan fingerprint density at radius 1 is 1.09 bits per heavy atom. The second-order valence-electron chi connectivity index (χ2n) is 9.37. The predicted octanol–water partition coefficient (Wildman–Crippen LogP) is 4.65. The van der Waals surface area contributed by atoms with Crippen LogP contribution in [0.4, 0.5) is 0 Å². The summed E-state index contributed by atoms with van der Waals surface area (Å²) in [6, 6.07) is 13.2. The molecule has 0 N–H and O–H groups in total. The summed E-state index contributed by atoms with van der Waals surface area (Å²) >= 11 is 0. The van der Waals surface area contributed by atoms with Gasteiger partial charge in [0.05, 0.1) is 13.1 Å². The zero-order chi connectivity index (χ0) is 23.8. The smallest absolute Gasteiger partial charge is 0.238 e. The van der Waals surface area contributed by atoms with E-state index in [0.717, 1.165) is 43.4 Å². The van der Waals surface area contributed by atoms with Crippen molar-refractivity contribution < 1.29 is 13.2 Å². The number of benzene rings is 1. The molecule has 33 heavy (non-hydrogen) atoms. The van der Waals surface area contributed by atoms with Gasteiger partial charge in [-0.3, -0.25) is 4.79 Å². The molecule has 0 spiro atoms. The first-order valence-corrected chi connectivity index (χ1v) is 13.4. The number of nitrogens with zero attached hydrogens (tertiary/aromatic N) is 3. The van der Waals surface area contributed by atoms with Gasteiger partial charge in [0.25, 0.3) is 0 Å². The van der Waals surface area contributed by atoms with Crippen molar-refractivity contribution in [2.45, 2.75) is 58.5 Å². The van der Waals surface area contributed by atoms with E-state index in [0.29, 0.717) is 13.1 Å². The fraction of sp³-hybridized carbons (Fsp3) is 0.500. The van der Waals surface area contributed by atoms with Gasteiger partial charge in [-0.2, -0.15) is 4.31 Å². The molecule has 0 radical (unpaired) electrons. The summed E-state index contributed by atoms with van der Waals surface area (Å²) in [5.74, 6) is 0.138. The lowest BCUT2D eigenvalue weighted by Gasteiger charge is -2.34. The van der Waals surface area contributed by atoms with Crippen molar-refractivity contribution in [3.63, 3.8) is 0 Å². The van der Waals surface area contributed by atoms with Crippen molar-refractivity contribution in [1.29, 1.82) is 0 Å². The molecule has 1 aromatic heterocycles. The highest BCUT2D eigenvalue weighted by Crippen LogP contribution is 2.26. The number of amides is 1. The predicted molar refractivity (Wildman–Crippen MR) is 134 cm³/mol. The van der Waals surface area contributed by atoms with Crippen LogP contribution in [-0.4, -0.2) is 47.2 Å². The third-order valence-electron chi connectivity index (χ3n) is 6.17. The van der Waals surface area contributed by atoms with Crippen LogP contribution in [0.15, 0.2) is 54.1 Å². The molecule has 1 saturated carbocycles. The molecule has 0 aliphatic heterocycles. The highest BCUT2D eigenvalue weighted by atomic mass is 32.2. The molecule has 3 rings (SSSR count). The van der Waals surface area contributed by atoms with Crippen molar-refractivity contribution in [3.8, 4) is 0 Å². The number of hydrogen-bond donors (Lipinski definition) is 0. The van der Waals surface area contributed by atoms with Crippen LogP contribution < -0.4 is 0 Å². The van der Waals surface area contributed by atoms with E-state index in [1.165, 1.54) is 9.71 Å². The SMILES string of the molecule is CC(C)CN(Cc1cccn1C)C(=O)CN(C1CCCCC1)S(=O)(=O)C=Cc1ccccc1. The van der Waals surface area contributed by atoms with Crippen LogP contribution in [0.1, 0.15) is 57.2 Å². The van der Waals surface area contributed by atoms with Gasteiger partial charge in [-0.25, -0.2) is 8.42 Å². The van der Waals surface area contributed by atoms with E-state index in [4.69, 9.17) is 0 Å². The summed E-state index contributed by atoms with van der Waals surface area (Å²) in [5, 5.41) is 1.26. The first-order valence-electron chi connectivity index (χ1n) is 11.9. The quantitative estimate of drug-likeness (QED) is 0.507. The molecule has 2 aromatic rings. The van der Waals surface area contributed by atoms with Crippen LogP contribution in [0.3, 0.4) is 0 Å².